The molecule has 0 aliphatic carbocycles. The van der Waals surface area contributed by atoms with Crippen LogP contribution in [0.2, 0.25) is 0 Å². The second kappa shape index (κ2) is 9.15. The Morgan fingerprint density at radius 2 is 1.89 bits per heavy atom. The lowest BCUT2D eigenvalue weighted by molar-refractivity contribution is 0.437. The number of unbranched alkanes of at least 4 members (excludes halogenated alkanes) is 2. The van der Waals surface area contributed by atoms with Crippen LogP contribution in [0.15, 0.2) is 60.2 Å². The zero-order chi connectivity index (χ0) is 13.9. The lowest BCUT2D eigenvalue weighted by Crippen LogP contribution is -2.09. The van der Waals surface area contributed by atoms with Crippen LogP contribution < -0.4 is 0 Å². The summed E-state index contributed by atoms with van der Waals surface area (Å²) < 4.78 is 0. The van der Waals surface area contributed by atoms with Gasteiger partial charge in [0.1, 0.15) is 0 Å². The van der Waals surface area contributed by atoms with Crippen LogP contribution in [-0.4, -0.2) is 24.8 Å². The molecule has 0 aromatic heterocycles. The Labute approximate surface area is 117 Å². The largest absolute Gasteiger partial charge is 0.303 e. The summed E-state index contributed by atoms with van der Waals surface area (Å²) in [7, 11) is 3.91. The molecule has 0 spiro atoms. The molecule has 0 unspecified atom stereocenters. The van der Waals surface area contributed by atoms with Crippen molar-refractivity contribution in [2.45, 2.75) is 25.7 Å². The van der Waals surface area contributed by atoms with Gasteiger partial charge < -0.3 is 5.01 Å². The van der Waals surface area contributed by atoms with Crippen molar-refractivity contribution in [1.82, 2.24) is 5.01 Å². The van der Waals surface area contributed by atoms with Gasteiger partial charge in [-0.15, -0.1) is 6.58 Å². The maximum absolute atomic E-state index is 4.56. The third kappa shape index (κ3) is 6.61. The van der Waals surface area contributed by atoms with Crippen LogP contribution in [0.25, 0.3) is 0 Å². The van der Waals surface area contributed by atoms with Crippen LogP contribution >= 0.6 is 0 Å². The number of hydrogen-bond acceptors (Lipinski definition) is 2. The molecule has 0 bridgehead atoms. The first-order chi connectivity index (χ1) is 9.24. The van der Waals surface area contributed by atoms with E-state index in [1.165, 1.54) is 12.0 Å². The average Bonchev–Trinajstić information content (AvgIpc) is 2.42. The lowest BCUT2D eigenvalue weighted by Gasteiger charge is -2.09. The van der Waals surface area contributed by atoms with Gasteiger partial charge in [-0.05, 0) is 24.8 Å². The molecule has 102 valence electrons. The van der Waals surface area contributed by atoms with Gasteiger partial charge in [0.2, 0.25) is 0 Å². The van der Waals surface area contributed by atoms with E-state index in [9.17, 15) is 0 Å². The molecule has 0 N–H and O–H groups in total. The van der Waals surface area contributed by atoms with Crippen LogP contribution in [0.4, 0.5) is 0 Å². The summed E-state index contributed by atoms with van der Waals surface area (Å²) in [6.45, 7) is 3.73. The van der Waals surface area contributed by atoms with E-state index in [-0.39, 0.29) is 0 Å². The molecule has 0 radical (unpaired) electrons. The van der Waals surface area contributed by atoms with Gasteiger partial charge in [-0.3, -0.25) is 0 Å². The predicted octanol–water partition coefficient (Wildman–Crippen LogP) is 4.25. The van der Waals surface area contributed by atoms with Crippen LogP contribution in [-0.2, 0) is 0 Å². The number of rotatable bonds is 8. The topological polar surface area (TPSA) is 15.6 Å². The number of hydrazone groups is 1. The standard InChI is InChI=1S/C17H24N2/c1-4-5-6-7-8-12-15-17(18-19(2)3)16-13-10-9-11-14-16/h4,8-14H,1,5-7,15H2,2-3H3/b12-8+,18-17+. The Kier molecular flexibility index (Phi) is 7.33. The molecule has 0 saturated carbocycles. The first kappa shape index (κ1) is 15.2. The summed E-state index contributed by atoms with van der Waals surface area (Å²) in [6, 6.07) is 10.3. The zero-order valence-electron chi connectivity index (χ0n) is 12.0. The molecule has 1 aromatic carbocycles. The second-order valence-corrected chi connectivity index (χ2v) is 4.66. The van der Waals surface area contributed by atoms with Gasteiger partial charge in [-0.2, -0.15) is 5.10 Å². The van der Waals surface area contributed by atoms with E-state index < -0.39 is 0 Å². The molecule has 19 heavy (non-hydrogen) atoms. The molecule has 0 heterocycles. The van der Waals surface area contributed by atoms with Gasteiger partial charge in [0, 0.05) is 20.5 Å². The Hall–Kier alpha value is -1.83. The summed E-state index contributed by atoms with van der Waals surface area (Å²) in [6.07, 6.45) is 10.6. The quantitative estimate of drug-likeness (QED) is 0.294. The Morgan fingerprint density at radius 3 is 2.53 bits per heavy atom. The molecular weight excluding hydrogens is 232 g/mol. The van der Waals surface area contributed by atoms with E-state index in [0.717, 1.165) is 25.0 Å². The monoisotopic (exact) mass is 256 g/mol. The predicted molar refractivity (Wildman–Crippen MR) is 84.5 cm³/mol. The highest BCUT2D eigenvalue weighted by Crippen LogP contribution is 2.07. The minimum Gasteiger partial charge on any atom is -0.303 e. The van der Waals surface area contributed by atoms with Crippen molar-refractivity contribution >= 4 is 5.71 Å². The minimum absolute atomic E-state index is 0.871. The number of benzene rings is 1. The van der Waals surface area contributed by atoms with E-state index in [0.29, 0.717) is 0 Å². The highest BCUT2D eigenvalue weighted by molar-refractivity contribution is 6.01. The molecular formula is C17H24N2. The Morgan fingerprint density at radius 1 is 1.16 bits per heavy atom. The summed E-state index contributed by atoms with van der Waals surface area (Å²) in [5.41, 5.74) is 2.29. The van der Waals surface area contributed by atoms with Gasteiger partial charge in [0.15, 0.2) is 0 Å². The average molecular weight is 256 g/mol. The Bertz CT molecular complexity index is 416. The van der Waals surface area contributed by atoms with Crippen LogP contribution in [0.5, 0.6) is 0 Å². The fourth-order valence-corrected chi connectivity index (χ4v) is 1.78. The van der Waals surface area contributed by atoms with Crippen molar-refractivity contribution in [3.8, 4) is 0 Å². The van der Waals surface area contributed by atoms with Crippen molar-refractivity contribution in [2.24, 2.45) is 5.10 Å². The highest BCUT2D eigenvalue weighted by Gasteiger charge is 2.01. The van der Waals surface area contributed by atoms with E-state index in [1.807, 2.05) is 43.4 Å². The molecule has 2 nitrogen and oxygen atoms in total. The molecule has 0 atom stereocenters. The van der Waals surface area contributed by atoms with E-state index >= 15 is 0 Å². The highest BCUT2D eigenvalue weighted by atomic mass is 15.4. The van der Waals surface area contributed by atoms with Gasteiger partial charge in [0.05, 0.1) is 5.71 Å². The van der Waals surface area contributed by atoms with E-state index in [4.69, 9.17) is 0 Å². The first-order valence-electron chi connectivity index (χ1n) is 6.80. The SMILES string of the molecule is C=CCCC/C=C/C/C(=N\N(C)C)c1ccccc1. The summed E-state index contributed by atoms with van der Waals surface area (Å²) in [4.78, 5) is 0. The van der Waals surface area contributed by atoms with Gasteiger partial charge in [-0.25, -0.2) is 0 Å². The molecule has 0 amide bonds. The lowest BCUT2D eigenvalue weighted by atomic mass is 10.1. The number of hydrogen-bond donors (Lipinski definition) is 0. The molecule has 0 aliphatic heterocycles. The molecule has 0 fully saturated rings. The van der Waals surface area contributed by atoms with Crippen molar-refractivity contribution in [3.05, 3.63) is 60.7 Å². The summed E-state index contributed by atoms with van der Waals surface area (Å²) in [5, 5.41) is 6.42. The van der Waals surface area contributed by atoms with Crippen molar-refractivity contribution in [1.29, 1.82) is 0 Å². The van der Waals surface area contributed by atoms with E-state index in [2.05, 4.69) is 36.0 Å². The fourth-order valence-electron chi connectivity index (χ4n) is 1.78. The van der Waals surface area contributed by atoms with Crippen LogP contribution in [0.1, 0.15) is 31.2 Å². The van der Waals surface area contributed by atoms with Gasteiger partial charge in [0.25, 0.3) is 0 Å². The first-order valence-corrected chi connectivity index (χ1v) is 6.80. The Balaban J connectivity index is 2.60. The minimum atomic E-state index is 0.871. The van der Waals surface area contributed by atoms with Gasteiger partial charge >= 0.3 is 0 Å². The third-order valence-corrected chi connectivity index (χ3v) is 2.68. The number of allylic oxidation sites excluding steroid dienone is 3. The summed E-state index contributed by atoms with van der Waals surface area (Å²) >= 11 is 0. The molecule has 2 heteroatoms. The molecule has 1 aromatic rings. The van der Waals surface area contributed by atoms with Crippen molar-refractivity contribution in [3.63, 3.8) is 0 Å². The van der Waals surface area contributed by atoms with E-state index in [1.54, 1.807) is 0 Å². The van der Waals surface area contributed by atoms with Crippen LogP contribution in [0, 0.1) is 0 Å². The maximum Gasteiger partial charge on any atom is 0.0714 e. The zero-order valence-corrected chi connectivity index (χ0v) is 12.0. The number of nitrogens with zero attached hydrogens (tertiary/aromatic N) is 2. The molecule has 0 saturated heterocycles. The smallest absolute Gasteiger partial charge is 0.0714 e. The van der Waals surface area contributed by atoms with Crippen molar-refractivity contribution < 1.29 is 0 Å². The molecule has 0 aliphatic rings. The second-order valence-electron chi connectivity index (χ2n) is 4.66. The van der Waals surface area contributed by atoms with Crippen molar-refractivity contribution in [2.75, 3.05) is 14.1 Å². The van der Waals surface area contributed by atoms with Crippen LogP contribution in [0.3, 0.4) is 0 Å². The maximum atomic E-state index is 4.56. The third-order valence-electron chi connectivity index (χ3n) is 2.68. The normalized spacial score (nSPS) is 11.8. The van der Waals surface area contributed by atoms with Gasteiger partial charge in [-0.1, -0.05) is 48.6 Å². The summed E-state index contributed by atoms with van der Waals surface area (Å²) in [5.74, 6) is 0. The molecule has 1 rings (SSSR count). The fraction of sp³-hybridized carbons (Fsp3) is 0.353.